The van der Waals surface area contributed by atoms with Crippen molar-refractivity contribution in [3.63, 3.8) is 0 Å². The average Bonchev–Trinajstić information content (AvgIpc) is 2.54. The van der Waals surface area contributed by atoms with Gasteiger partial charge in [0.25, 0.3) is 10.0 Å². The number of nitrogens with one attached hydrogen (secondary N) is 2. The molecule has 138 valence electrons. The standard InChI is InChI=1S/C15H11ClF3N3O3S/c1-25-11-6-8(16)7-12-13(11)21-14(22-26(12,23)24)20-10-5-3-2-4-9(10)15(17,18)19/h2-7H,1H3,(H2,20,21,22). The third-order valence-electron chi connectivity index (χ3n) is 3.47. The summed E-state index contributed by atoms with van der Waals surface area (Å²) < 4.78 is 72.6. The number of hydrogen-bond acceptors (Lipinski definition) is 5. The number of benzene rings is 2. The molecular weight excluding hydrogens is 395 g/mol. The second-order valence-electron chi connectivity index (χ2n) is 5.19. The number of sulfonamides is 1. The zero-order valence-electron chi connectivity index (χ0n) is 13.1. The largest absolute Gasteiger partial charge is 0.494 e. The molecule has 0 unspecified atom stereocenters. The summed E-state index contributed by atoms with van der Waals surface area (Å²) in [5.74, 6) is -0.288. The number of guanidine groups is 1. The summed E-state index contributed by atoms with van der Waals surface area (Å²) in [6.07, 6.45) is -4.62. The SMILES string of the molecule is COc1cc(Cl)cc2c1NC(Nc1ccccc1C(F)(F)F)=NS2(=O)=O. The minimum atomic E-state index is -4.62. The van der Waals surface area contributed by atoms with Gasteiger partial charge in [0.15, 0.2) is 0 Å². The maximum absolute atomic E-state index is 13.1. The predicted octanol–water partition coefficient (Wildman–Crippen LogP) is 3.95. The van der Waals surface area contributed by atoms with Crippen molar-refractivity contribution in [2.45, 2.75) is 11.1 Å². The highest BCUT2D eigenvalue weighted by molar-refractivity contribution is 7.90. The van der Waals surface area contributed by atoms with Gasteiger partial charge in [-0.3, -0.25) is 0 Å². The molecule has 0 spiro atoms. The first-order chi connectivity index (χ1) is 12.1. The summed E-state index contributed by atoms with van der Waals surface area (Å²) in [4.78, 5) is -0.239. The molecule has 2 aromatic carbocycles. The topological polar surface area (TPSA) is 79.8 Å². The Balaban J connectivity index is 2.05. The van der Waals surface area contributed by atoms with E-state index in [0.717, 1.165) is 12.1 Å². The normalized spacial score (nSPS) is 15.5. The van der Waals surface area contributed by atoms with Crippen LogP contribution in [0.1, 0.15) is 5.56 Å². The molecule has 6 nitrogen and oxygen atoms in total. The van der Waals surface area contributed by atoms with E-state index in [0.29, 0.717) is 0 Å². The third kappa shape index (κ3) is 3.42. The smallest absolute Gasteiger partial charge is 0.418 e. The molecule has 0 radical (unpaired) electrons. The van der Waals surface area contributed by atoms with Crippen LogP contribution < -0.4 is 15.4 Å². The van der Waals surface area contributed by atoms with E-state index in [1.807, 2.05) is 0 Å². The van der Waals surface area contributed by atoms with Crippen LogP contribution in [0.25, 0.3) is 0 Å². The Morgan fingerprint density at radius 1 is 1.23 bits per heavy atom. The van der Waals surface area contributed by atoms with Crippen LogP contribution in [0.4, 0.5) is 24.5 Å². The quantitative estimate of drug-likeness (QED) is 0.790. The molecule has 0 atom stereocenters. The Bertz CT molecular complexity index is 1010. The fourth-order valence-electron chi connectivity index (χ4n) is 2.38. The number of alkyl halides is 3. The summed E-state index contributed by atoms with van der Waals surface area (Å²) in [5.41, 5.74) is -1.28. The van der Waals surface area contributed by atoms with Gasteiger partial charge in [-0.1, -0.05) is 23.7 Å². The van der Waals surface area contributed by atoms with Crippen molar-refractivity contribution in [2.75, 3.05) is 17.7 Å². The lowest BCUT2D eigenvalue weighted by atomic mass is 10.1. The molecule has 0 saturated carbocycles. The van der Waals surface area contributed by atoms with E-state index < -0.39 is 27.7 Å². The van der Waals surface area contributed by atoms with Gasteiger partial charge in [0, 0.05) is 11.1 Å². The van der Waals surface area contributed by atoms with Crippen LogP contribution >= 0.6 is 11.6 Å². The lowest BCUT2D eigenvalue weighted by molar-refractivity contribution is -0.136. The van der Waals surface area contributed by atoms with Gasteiger partial charge in [-0.15, -0.1) is 4.40 Å². The highest BCUT2D eigenvalue weighted by Gasteiger charge is 2.34. The molecule has 0 aromatic heterocycles. The third-order valence-corrected chi connectivity index (χ3v) is 4.99. The Labute approximate surface area is 151 Å². The first-order valence-corrected chi connectivity index (χ1v) is 8.86. The van der Waals surface area contributed by atoms with Crippen LogP contribution in [-0.2, 0) is 16.2 Å². The second-order valence-corrected chi connectivity index (χ2v) is 7.20. The van der Waals surface area contributed by atoms with E-state index in [1.165, 1.54) is 31.4 Å². The van der Waals surface area contributed by atoms with Gasteiger partial charge in [-0.25, -0.2) is 0 Å². The number of methoxy groups -OCH3 is 1. The molecule has 0 amide bonds. The Kier molecular flexibility index (Phi) is 4.49. The van der Waals surface area contributed by atoms with Gasteiger partial charge in [-0.2, -0.15) is 21.6 Å². The van der Waals surface area contributed by atoms with E-state index >= 15 is 0 Å². The van der Waals surface area contributed by atoms with Crippen molar-refractivity contribution in [3.05, 3.63) is 47.0 Å². The molecule has 1 aliphatic rings. The van der Waals surface area contributed by atoms with Gasteiger partial charge in [0.05, 0.1) is 18.4 Å². The van der Waals surface area contributed by atoms with E-state index in [-0.39, 0.29) is 27.0 Å². The fraction of sp³-hybridized carbons (Fsp3) is 0.133. The number of hydrogen-bond donors (Lipinski definition) is 2. The number of para-hydroxylation sites is 1. The van der Waals surface area contributed by atoms with E-state index in [2.05, 4.69) is 15.0 Å². The van der Waals surface area contributed by atoms with E-state index in [4.69, 9.17) is 16.3 Å². The molecule has 0 bridgehead atoms. The average molecular weight is 406 g/mol. The fourth-order valence-corrected chi connectivity index (χ4v) is 3.77. The van der Waals surface area contributed by atoms with Crippen molar-refractivity contribution in [1.82, 2.24) is 0 Å². The highest BCUT2D eigenvalue weighted by Crippen LogP contribution is 2.39. The molecule has 26 heavy (non-hydrogen) atoms. The van der Waals surface area contributed by atoms with Crippen LogP contribution in [0.3, 0.4) is 0 Å². The van der Waals surface area contributed by atoms with Crippen LogP contribution in [0, 0.1) is 0 Å². The van der Waals surface area contributed by atoms with Crippen molar-refractivity contribution in [3.8, 4) is 5.75 Å². The molecule has 0 saturated heterocycles. The number of rotatable bonds is 2. The molecule has 1 heterocycles. The second kappa shape index (κ2) is 6.36. The number of fused-ring (bicyclic) bond motifs is 1. The summed E-state index contributed by atoms with van der Waals surface area (Å²) in [7, 11) is -2.89. The van der Waals surface area contributed by atoms with Gasteiger partial charge in [0.1, 0.15) is 16.3 Å². The number of nitrogens with zero attached hydrogens (tertiary/aromatic N) is 1. The van der Waals surface area contributed by atoms with Crippen LogP contribution in [0.15, 0.2) is 45.7 Å². The summed E-state index contributed by atoms with van der Waals surface area (Å²) in [5, 5.41) is 5.12. The monoisotopic (exact) mass is 405 g/mol. The zero-order valence-corrected chi connectivity index (χ0v) is 14.6. The molecule has 0 fully saturated rings. The van der Waals surface area contributed by atoms with Crippen LogP contribution in [-0.4, -0.2) is 21.5 Å². The molecule has 2 N–H and O–H groups in total. The molecule has 2 aromatic rings. The number of anilines is 2. The van der Waals surface area contributed by atoms with Crippen molar-refractivity contribution < 1.29 is 26.3 Å². The Morgan fingerprint density at radius 3 is 2.58 bits per heavy atom. The zero-order chi connectivity index (χ0) is 19.1. The first kappa shape index (κ1) is 18.3. The van der Waals surface area contributed by atoms with Crippen molar-refractivity contribution >= 4 is 39.0 Å². The first-order valence-electron chi connectivity index (χ1n) is 7.04. The molecule has 11 heteroatoms. The Hall–Kier alpha value is -2.46. The highest BCUT2D eigenvalue weighted by atomic mass is 35.5. The summed E-state index contributed by atoms with van der Waals surface area (Å²) in [6.45, 7) is 0. The lowest BCUT2D eigenvalue weighted by Crippen LogP contribution is -2.29. The van der Waals surface area contributed by atoms with Crippen LogP contribution in [0.2, 0.25) is 5.02 Å². The van der Waals surface area contributed by atoms with E-state index in [1.54, 1.807) is 0 Å². The molecule has 3 rings (SSSR count). The van der Waals surface area contributed by atoms with Gasteiger partial charge >= 0.3 is 6.18 Å². The van der Waals surface area contributed by atoms with E-state index in [9.17, 15) is 21.6 Å². The Morgan fingerprint density at radius 2 is 1.92 bits per heavy atom. The van der Waals surface area contributed by atoms with Crippen LogP contribution in [0.5, 0.6) is 5.75 Å². The molecule has 1 aliphatic heterocycles. The van der Waals surface area contributed by atoms with Crippen molar-refractivity contribution in [1.29, 1.82) is 0 Å². The number of halogens is 4. The summed E-state index contributed by atoms with van der Waals surface area (Å²) in [6, 6.07) is 7.18. The minimum absolute atomic E-state index is 0.0267. The maximum Gasteiger partial charge on any atom is 0.418 e. The van der Waals surface area contributed by atoms with Gasteiger partial charge in [0.2, 0.25) is 5.96 Å². The molecular formula is C15H11ClF3N3O3S. The molecule has 0 aliphatic carbocycles. The number of ether oxygens (including phenoxy) is 1. The predicted molar refractivity (Wildman–Crippen MR) is 91.3 cm³/mol. The summed E-state index contributed by atoms with van der Waals surface area (Å²) >= 11 is 5.86. The minimum Gasteiger partial charge on any atom is -0.494 e. The van der Waals surface area contributed by atoms with Gasteiger partial charge < -0.3 is 15.4 Å². The van der Waals surface area contributed by atoms with Crippen molar-refractivity contribution in [2.24, 2.45) is 4.40 Å². The maximum atomic E-state index is 13.1. The van der Waals surface area contributed by atoms with Gasteiger partial charge in [-0.05, 0) is 18.2 Å². The lowest BCUT2D eigenvalue weighted by Gasteiger charge is -2.22.